The van der Waals surface area contributed by atoms with E-state index in [0.29, 0.717) is 22.7 Å². The van der Waals surface area contributed by atoms with Crippen LogP contribution in [0.4, 0.5) is 5.69 Å². The molecule has 7 rings (SSSR count). The normalized spacial score (nSPS) is 11.5. The molecule has 0 bridgehead atoms. The quantitative estimate of drug-likeness (QED) is 0.170. The number of nitrogens with zero attached hydrogens (tertiary/aromatic N) is 5. The van der Waals surface area contributed by atoms with Gasteiger partial charge in [-0.3, -0.25) is 4.85 Å². The minimum absolute atomic E-state index is 0. The second-order valence-electron chi connectivity index (χ2n) is 11.5. The molecule has 0 unspecified atom stereocenters. The molecule has 0 radical (unpaired) electrons. The molecule has 7 heteroatoms. The second kappa shape index (κ2) is 10.8. The van der Waals surface area contributed by atoms with Crippen molar-refractivity contribution in [3.8, 4) is 28.6 Å². The molecule has 0 atom stereocenters. The Hall–Kier alpha value is -4.72. The number of aromatic nitrogens is 4. The van der Waals surface area contributed by atoms with Crippen LogP contribution in [0, 0.1) is 18.7 Å². The van der Waals surface area contributed by atoms with Gasteiger partial charge in [0.25, 0.3) is 0 Å². The summed E-state index contributed by atoms with van der Waals surface area (Å²) in [7, 11) is 1.99. The topological polar surface area (TPSA) is 49.2 Å². The van der Waals surface area contributed by atoms with E-state index in [4.69, 9.17) is 16.3 Å². The molecule has 212 valence electrons. The van der Waals surface area contributed by atoms with Gasteiger partial charge in [-0.1, -0.05) is 62.7 Å². The van der Waals surface area contributed by atoms with E-state index in [1.165, 1.54) is 5.56 Å². The van der Waals surface area contributed by atoms with Crippen LogP contribution in [-0.2, 0) is 33.5 Å². The first-order valence-electron chi connectivity index (χ1n) is 13.7. The summed E-state index contributed by atoms with van der Waals surface area (Å²) >= 11 is 0. The van der Waals surface area contributed by atoms with E-state index in [0.717, 1.165) is 44.2 Å². The fraction of sp³-hybridized carbons (Fsp3) is 0.139. The molecular weight excluding hydrogens is 714 g/mol. The van der Waals surface area contributed by atoms with Crippen LogP contribution >= 0.6 is 0 Å². The molecule has 0 spiro atoms. The van der Waals surface area contributed by atoms with Crippen LogP contribution in [0.15, 0.2) is 91.4 Å². The molecule has 7 aromatic rings. The van der Waals surface area contributed by atoms with E-state index < -0.39 is 0 Å². The Morgan fingerprint density at radius 1 is 0.860 bits per heavy atom. The SMILES string of the molecule is [C-]#[N+]c1cc(Oc2[c-]c3c(cc2)c2ccccc2n3-c2cc(C(C)(C)C)ccn2)[c-]c(-c2cc3ccn(C)c3cn2)c1.[Pt+2]. The fourth-order valence-corrected chi connectivity index (χ4v) is 5.40. The van der Waals surface area contributed by atoms with Crippen molar-refractivity contribution in [3.63, 3.8) is 0 Å². The summed E-state index contributed by atoms with van der Waals surface area (Å²) in [6, 6.07) is 30.8. The molecule has 0 saturated heterocycles. The van der Waals surface area contributed by atoms with Crippen molar-refractivity contribution in [3.05, 3.63) is 121 Å². The Labute approximate surface area is 264 Å². The van der Waals surface area contributed by atoms with Crippen molar-refractivity contribution in [2.75, 3.05) is 0 Å². The Balaban J connectivity index is 0.00000329. The molecule has 43 heavy (non-hydrogen) atoms. The monoisotopic (exact) mass is 740 g/mol. The first-order chi connectivity index (χ1) is 20.3. The maximum absolute atomic E-state index is 7.68. The van der Waals surface area contributed by atoms with Crippen LogP contribution in [0.3, 0.4) is 0 Å². The van der Waals surface area contributed by atoms with E-state index in [2.05, 4.69) is 77.6 Å². The molecular formula is C36H27N5OPt. The maximum Gasteiger partial charge on any atom is 2.00 e. The molecule has 0 amide bonds. The zero-order valence-electron chi connectivity index (χ0n) is 24.1. The summed E-state index contributed by atoms with van der Waals surface area (Å²) in [6.45, 7) is 14.3. The number of benzene rings is 3. The number of pyridine rings is 2. The maximum atomic E-state index is 7.68. The van der Waals surface area contributed by atoms with Gasteiger partial charge in [0.1, 0.15) is 11.5 Å². The molecule has 0 aliphatic heterocycles. The number of rotatable bonds is 4. The Bertz CT molecular complexity index is 2200. The average molecular weight is 741 g/mol. The second-order valence-corrected chi connectivity index (χ2v) is 11.5. The van der Waals surface area contributed by atoms with E-state index in [1.54, 1.807) is 12.1 Å². The van der Waals surface area contributed by atoms with Crippen molar-refractivity contribution in [2.24, 2.45) is 7.05 Å². The van der Waals surface area contributed by atoms with E-state index >= 15 is 0 Å². The van der Waals surface area contributed by atoms with Crippen molar-refractivity contribution in [1.29, 1.82) is 0 Å². The van der Waals surface area contributed by atoms with Gasteiger partial charge in [0.15, 0.2) is 0 Å². The van der Waals surface area contributed by atoms with E-state index in [9.17, 15) is 0 Å². The summed E-state index contributed by atoms with van der Waals surface area (Å²) in [5, 5.41) is 3.24. The van der Waals surface area contributed by atoms with Crippen molar-refractivity contribution < 1.29 is 25.8 Å². The van der Waals surface area contributed by atoms with Crippen LogP contribution in [0.1, 0.15) is 26.3 Å². The first kappa shape index (κ1) is 28.4. The zero-order chi connectivity index (χ0) is 29.0. The van der Waals surface area contributed by atoms with Gasteiger partial charge in [-0.2, -0.15) is 6.07 Å². The number of ether oxygens (including phenoxy) is 1. The Kier molecular flexibility index (Phi) is 7.16. The van der Waals surface area contributed by atoms with Crippen LogP contribution in [0.25, 0.3) is 54.6 Å². The smallest absolute Gasteiger partial charge is 0.504 e. The van der Waals surface area contributed by atoms with Crippen LogP contribution < -0.4 is 4.74 Å². The van der Waals surface area contributed by atoms with Gasteiger partial charge in [0.2, 0.25) is 0 Å². The summed E-state index contributed by atoms with van der Waals surface area (Å²) in [6.07, 6.45) is 5.71. The van der Waals surface area contributed by atoms with Gasteiger partial charge in [-0.15, -0.1) is 29.1 Å². The van der Waals surface area contributed by atoms with Gasteiger partial charge < -0.3 is 18.9 Å². The zero-order valence-corrected chi connectivity index (χ0v) is 26.4. The van der Waals surface area contributed by atoms with Crippen molar-refractivity contribution in [2.45, 2.75) is 26.2 Å². The van der Waals surface area contributed by atoms with Crippen LogP contribution in [0.2, 0.25) is 0 Å². The average Bonchev–Trinajstić information content (AvgIpc) is 3.53. The third kappa shape index (κ3) is 5.11. The van der Waals surface area contributed by atoms with E-state index in [1.807, 2.05) is 60.5 Å². The minimum Gasteiger partial charge on any atom is -0.504 e. The predicted molar refractivity (Wildman–Crippen MR) is 167 cm³/mol. The fourth-order valence-electron chi connectivity index (χ4n) is 5.40. The molecule has 0 fully saturated rings. The molecule has 0 aliphatic carbocycles. The van der Waals surface area contributed by atoms with Gasteiger partial charge in [-0.05, 0) is 51.7 Å². The molecule has 4 heterocycles. The van der Waals surface area contributed by atoms with Gasteiger partial charge in [0.05, 0.1) is 12.1 Å². The molecule has 0 aliphatic rings. The molecule has 6 nitrogen and oxygen atoms in total. The molecule has 0 N–H and O–H groups in total. The summed E-state index contributed by atoms with van der Waals surface area (Å²) in [5.74, 6) is 1.78. The first-order valence-corrected chi connectivity index (χ1v) is 13.7. The number of fused-ring (bicyclic) bond motifs is 4. The summed E-state index contributed by atoms with van der Waals surface area (Å²) in [4.78, 5) is 13.1. The van der Waals surface area contributed by atoms with E-state index in [-0.39, 0.29) is 26.5 Å². The number of hydrogen-bond acceptors (Lipinski definition) is 3. The largest absolute Gasteiger partial charge is 2.00 e. The van der Waals surface area contributed by atoms with Crippen molar-refractivity contribution in [1.82, 2.24) is 19.1 Å². The number of aryl methyl sites for hydroxylation is 1. The molecule has 0 saturated carbocycles. The molecule has 3 aromatic carbocycles. The Morgan fingerprint density at radius 2 is 1.70 bits per heavy atom. The molecule has 4 aromatic heterocycles. The summed E-state index contributed by atoms with van der Waals surface area (Å²) < 4.78 is 10.5. The van der Waals surface area contributed by atoms with Gasteiger partial charge in [-0.25, -0.2) is 4.98 Å². The standard InChI is InChI=1S/C36H27N5O.Pt/c1-36(2,3)25-12-14-38-35(19-25)41-32-9-7-6-8-29(32)30-11-10-27(21-33(30)41)42-28-17-24(16-26(20-28)37-4)31-18-23-13-15-40(5)34(23)22-39-31;/h6-16,18-20,22H,1-3,5H3;/q-2;+2. The minimum atomic E-state index is -0.0181. The van der Waals surface area contributed by atoms with Crippen molar-refractivity contribution >= 4 is 38.4 Å². The van der Waals surface area contributed by atoms with Gasteiger partial charge in [0, 0.05) is 42.7 Å². The Morgan fingerprint density at radius 3 is 2.51 bits per heavy atom. The van der Waals surface area contributed by atoms with Crippen LogP contribution in [-0.4, -0.2) is 19.1 Å². The van der Waals surface area contributed by atoms with Crippen LogP contribution in [0.5, 0.6) is 11.5 Å². The number of hydrogen-bond donors (Lipinski definition) is 0. The third-order valence-corrected chi connectivity index (χ3v) is 7.62. The number of para-hydroxylation sites is 1. The van der Waals surface area contributed by atoms with Gasteiger partial charge >= 0.3 is 21.1 Å². The predicted octanol–water partition coefficient (Wildman–Crippen LogP) is 8.97. The third-order valence-electron chi connectivity index (χ3n) is 7.62. The summed E-state index contributed by atoms with van der Waals surface area (Å²) in [5.41, 5.74) is 6.01.